The van der Waals surface area contributed by atoms with Gasteiger partial charge >= 0.3 is 0 Å². The summed E-state index contributed by atoms with van der Waals surface area (Å²) in [6, 6.07) is 20.0. The summed E-state index contributed by atoms with van der Waals surface area (Å²) >= 11 is 3.43. The van der Waals surface area contributed by atoms with E-state index in [0.717, 1.165) is 15.6 Å². The zero-order valence-electron chi connectivity index (χ0n) is 18.7. The molecule has 1 aliphatic heterocycles. The van der Waals surface area contributed by atoms with Gasteiger partial charge in [-0.15, -0.1) is 0 Å². The van der Waals surface area contributed by atoms with E-state index in [1.165, 1.54) is 0 Å². The first-order chi connectivity index (χ1) is 16.5. The molecule has 0 radical (unpaired) electrons. The third-order valence-corrected chi connectivity index (χ3v) is 6.63. The molecule has 4 aromatic rings. The van der Waals surface area contributed by atoms with E-state index in [1.807, 2.05) is 42.5 Å². The molecule has 7 heteroatoms. The Morgan fingerprint density at radius 2 is 1.71 bits per heavy atom. The third kappa shape index (κ3) is 3.76. The Morgan fingerprint density at radius 1 is 0.941 bits per heavy atom. The molecule has 2 heterocycles. The first-order valence-electron chi connectivity index (χ1n) is 10.8. The number of carbonyl (C=O) groups excluding carboxylic acids is 1. The van der Waals surface area contributed by atoms with Crippen molar-refractivity contribution in [3.8, 4) is 11.5 Å². The van der Waals surface area contributed by atoms with Gasteiger partial charge in [0.1, 0.15) is 5.58 Å². The quantitative estimate of drug-likeness (QED) is 0.343. The highest BCUT2D eigenvalue weighted by Crippen LogP contribution is 2.41. The fraction of sp³-hybridized carbons (Fsp3) is 0.185. The second-order valence-electron chi connectivity index (χ2n) is 8.07. The predicted octanol–water partition coefficient (Wildman–Crippen LogP) is 5.36. The number of hydrogen-bond donors (Lipinski definition) is 0. The molecule has 0 saturated heterocycles. The molecule has 6 nitrogen and oxygen atoms in total. The lowest BCUT2D eigenvalue weighted by molar-refractivity contribution is 0.0730. The molecular formula is C27H22BrNO5. The van der Waals surface area contributed by atoms with Crippen molar-refractivity contribution < 1.29 is 18.7 Å². The van der Waals surface area contributed by atoms with Gasteiger partial charge in [0.15, 0.2) is 16.9 Å². The summed E-state index contributed by atoms with van der Waals surface area (Å²) in [5, 5.41) is 0.427. The van der Waals surface area contributed by atoms with Crippen molar-refractivity contribution in [2.45, 2.75) is 12.5 Å². The largest absolute Gasteiger partial charge is 0.493 e. The van der Waals surface area contributed by atoms with Crippen molar-refractivity contribution in [2.75, 3.05) is 20.8 Å². The highest BCUT2D eigenvalue weighted by molar-refractivity contribution is 9.10. The Kier molecular flexibility index (Phi) is 5.87. The predicted molar refractivity (Wildman–Crippen MR) is 133 cm³/mol. The Morgan fingerprint density at radius 3 is 2.44 bits per heavy atom. The van der Waals surface area contributed by atoms with Gasteiger partial charge in [-0.05, 0) is 47.9 Å². The van der Waals surface area contributed by atoms with E-state index < -0.39 is 6.04 Å². The van der Waals surface area contributed by atoms with Crippen molar-refractivity contribution in [1.29, 1.82) is 0 Å². The number of methoxy groups -OCH3 is 2. The van der Waals surface area contributed by atoms with Gasteiger partial charge in [0.05, 0.1) is 31.2 Å². The maximum atomic E-state index is 13.7. The van der Waals surface area contributed by atoms with Crippen LogP contribution < -0.4 is 14.9 Å². The van der Waals surface area contributed by atoms with Gasteiger partial charge in [-0.25, -0.2) is 0 Å². The van der Waals surface area contributed by atoms with Crippen LogP contribution in [0, 0.1) is 0 Å². The molecule has 1 unspecified atom stereocenters. The second-order valence-corrected chi connectivity index (χ2v) is 8.98. The smallest absolute Gasteiger partial charge is 0.290 e. The van der Waals surface area contributed by atoms with Gasteiger partial charge < -0.3 is 18.8 Å². The van der Waals surface area contributed by atoms with Crippen LogP contribution in [-0.2, 0) is 6.42 Å². The minimum absolute atomic E-state index is 0.0904. The zero-order valence-corrected chi connectivity index (χ0v) is 20.3. The molecule has 0 fully saturated rings. The third-order valence-electron chi connectivity index (χ3n) is 6.14. The minimum atomic E-state index is -0.606. The summed E-state index contributed by atoms with van der Waals surface area (Å²) in [5.74, 6) is 0.887. The van der Waals surface area contributed by atoms with E-state index >= 15 is 0 Å². The van der Waals surface area contributed by atoms with Gasteiger partial charge in [-0.2, -0.15) is 0 Å². The lowest BCUT2D eigenvalue weighted by Crippen LogP contribution is -2.31. The number of nitrogens with zero attached hydrogens (tertiary/aromatic N) is 1. The number of benzene rings is 3. The van der Waals surface area contributed by atoms with Gasteiger partial charge in [-0.3, -0.25) is 9.59 Å². The molecule has 0 aliphatic carbocycles. The van der Waals surface area contributed by atoms with Crippen molar-refractivity contribution in [3.05, 3.63) is 104 Å². The number of fused-ring (bicyclic) bond motifs is 2. The first kappa shape index (κ1) is 22.2. The topological polar surface area (TPSA) is 69.0 Å². The van der Waals surface area contributed by atoms with Gasteiger partial charge in [0, 0.05) is 11.0 Å². The lowest BCUT2D eigenvalue weighted by Gasteiger charge is -2.25. The average molecular weight is 520 g/mol. The molecule has 0 spiro atoms. The molecule has 1 aromatic heterocycles. The van der Waals surface area contributed by atoms with Gasteiger partial charge in [0.25, 0.3) is 5.91 Å². The Balaban J connectivity index is 1.67. The normalized spacial score (nSPS) is 15.0. The molecule has 1 atom stereocenters. The van der Waals surface area contributed by atoms with E-state index in [-0.39, 0.29) is 17.1 Å². The second kappa shape index (κ2) is 8.99. The van der Waals surface area contributed by atoms with Crippen LogP contribution in [0.1, 0.15) is 33.3 Å². The Labute approximate surface area is 204 Å². The van der Waals surface area contributed by atoms with Crippen molar-refractivity contribution in [3.63, 3.8) is 0 Å². The van der Waals surface area contributed by atoms with Crippen LogP contribution in [0.15, 0.2) is 80.4 Å². The molecule has 5 rings (SSSR count). The first-order valence-corrected chi connectivity index (χ1v) is 11.6. The monoisotopic (exact) mass is 519 g/mol. The highest BCUT2D eigenvalue weighted by atomic mass is 79.9. The maximum Gasteiger partial charge on any atom is 0.290 e. The van der Waals surface area contributed by atoms with E-state index in [4.69, 9.17) is 13.9 Å². The maximum absolute atomic E-state index is 13.7. The minimum Gasteiger partial charge on any atom is -0.493 e. The van der Waals surface area contributed by atoms with Crippen LogP contribution >= 0.6 is 15.9 Å². The summed E-state index contributed by atoms with van der Waals surface area (Å²) in [6.07, 6.45) is 0.642. The summed E-state index contributed by atoms with van der Waals surface area (Å²) in [7, 11) is 3.12. The fourth-order valence-corrected chi connectivity index (χ4v) is 4.85. The molecule has 1 aliphatic rings. The SMILES string of the molecule is COc1ccc(C2c3c(oc4ccc(Br)cc4c3=O)C(=O)N2CCc2ccccc2)cc1OC. The number of rotatable bonds is 6. The molecule has 3 aromatic carbocycles. The number of halogens is 1. The van der Waals surface area contributed by atoms with Crippen molar-refractivity contribution in [1.82, 2.24) is 4.90 Å². The Bertz CT molecular complexity index is 1450. The van der Waals surface area contributed by atoms with Crippen LogP contribution in [-0.4, -0.2) is 31.6 Å². The summed E-state index contributed by atoms with van der Waals surface area (Å²) < 4.78 is 17.7. The number of amides is 1. The van der Waals surface area contributed by atoms with Crippen molar-refractivity contribution >= 4 is 32.8 Å². The highest BCUT2D eigenvalue weighted by Gasteiger charge is 2.42. The van der Waals surface area contributed by atoms with Crippen LogP contribution in [0.25, 0.3) is 11.0 Å². The summed E-state index contributed by atoms with van der Waals surface area (Å²) in [4.78, 5) is 29.0. The van der Waals surface area contributed by atoms with Crippen molar-refractivity contribution in [2.24, 2.45) is 0 Å². The molecule has 1 amide bonds. The summed E-state index contributed by atoms with van der Waals surface area (Å²) in [6.45, 7) is 0.422. The standard InChI is InChI=1S/C27H22BrNO5/c1-32-21-10-8-17(14-22(21)33-2)24-23-25(30)19-15-18(28)9-11-20(19)34-26(23)27(31)29(24)13-12-16-6-4-3-5-7-16/h3-11,14-15,24H,12-13H2,1-2H3. The molecular weight excluding hydrogens is 498 g/mol. The molecule has 0 saturated carbocycles. The lowest BCUT2D eigenvalue weighted by atomic mass is 9.97. The van der Waals surface area contributed by atoms with Crippen LogP contribution in [0.5, 0.6) is 11.5 Å². The van der Waals surface area contributed by atoms with E-state index in [9.17, 15) is 9.59 Å². The van der Waals surface area contributed by atoms with Crippen LogP contribution in [0.4, 0.5) is 0 Å². The Hall–Kier alpha value is -3.58. The number of carbonyl (C=O) groups is 1. The number of ether oxygens (including phenoxy) is 2. The van der Waals surface area contributed by atoms with Crippen LogP contribution in [0.3, 0.4) is 0 Å². The number of hydrogen-bond acceptors (Lipinski definition) is 5. The zero-order chi connectivity index (χ0) is 23.8. The van der Waals surface area contributed by atoms with Crippen LogP contribution in [0.2, 0.25) is 0 Å². The molecule has 34 heavy (non-hydrogen) atoms. The van der Waals surface area contributed by atoms with Gasteiger partial charge in [0.2, 0.25) is 5.76 Å². The molecule has 0 bridgehead atoms. The van der Waals surface area contributed by atoms with Gasteiger partial charge in [-0.1, -0.05) is 52.3 Å². The average Bonchev–Trinajstić information content (AvgIpc) is 3.15. The molecule has 172 valence electrons. The van der Waals surface area contributed by atoms with E-state index in [0.29, 0.717) is 41.0 Å². The molecule has 0 N–H and O–H groups in total. The fourth-order valence-electron chi connectivity index (χ4n) is 4.49. The van der Waals surface area contributed by atoms with E-state index in [1.54, 1.807) is 43.4 Å². The van der Waals surface area contributed by atoms with E-state index in [2.05, 4.69) is 15.9 Å². The summed E-state index contributed by atoms with van der Waals surface area (Å²) in [5.41, 5.74) is 2.37.